The van der Waals surface area contributed by atoms with E-state index in [0.717, 1.165) is 17.1 Å². The molecular weight excluding hydrogens is 288 g/mol. The molecule has 0 bridgehead atoms. The number of azo groups is 1. The normalized spacial score (nSPS) is 10.6. The number of amides is 1. The topological polar surface area (TPSA) is 57.1 Å². The fourth-order valence-electron chi connectivity index (χ4n) is 1.78. The Morgan fingerprint density at radius 2 is 1.43 bits per heavy atom. The van der Waals surface area contributed by atoms with Gasteiger partial charge in [-0.05, 0) is 55.5 Å². The molecule has 1 N–H and O–H groups in total. The summed E-state index contributed by atoms with van der Waals surface area (Å²) in [5, 5.41) is 11.1. The van der Waals surface area contributed by atoms with Gasteiger partial charge in [0.05, 0.1) is 11.4 Å². The van der Waals surface area contributed by atoms with Gasteiger partial charge in [-0.25, -0.2) is 0 Å². The van der Waals surface area contributed by atoms with Gasteiger partial charge in [0, 0.05) is 31.0 Å². The molecule has 0 aliphatic carbocycles. The smallest absolute Gasteiger partial charge is 0.250 e. The third-order valence-electron chi connectivity index (χ3n) is 3.16. The van der Waals surface area contributed by atoms with E-state index >= 15 is 0 Å². The molecule has 0 heterocycles. The Kier molecular flexibility index (Phi) is 5.25. The Labute approximate surface area is 136 Å². The molecule has 5 heteroatoms. The van der Waals surface area contributed by atoms with Crippen molar-refractivity contribution in [1.29, 1.82) is 0 Å². The molecule has 0 spiro atoms. The maximum absolute atomic E-state index is 11.5. The van der Waals surface area contributed by atoms with Gasteiger partial charge in [-0.1, -0.05) is 6.58 Å². The second-order valence-electron chi connectivity index (χ2n) is 5.39. The lowest BCUT2D eigenvalue weighted by Gasteiger charge is -2.11. The van der Waals surface area contributed by atoms with Crippen LogP contribution in [0.15, 0.2) is 70.9 Å². The molecule has 0 aliphatic heterocycles. The van der Waals surface area contributed by atoms with E-state index in [1.807, 2.05) is 43.3 Å². The third-order valence-corrected chi connectivity index (χ3v) is 3.16. The molecule has 0 aromatic heterocycles. The number of rotatable bonds is 5. The maximum Gasteiger partial charge on any atom is 0.250 e. The summed E-state index contributed by atoms with van der Waals surface area (Å²) in [6.07, 6.45) is 0. The molecule has 2 aromatic carbocycles. The summed E-state index contributed by atoms with van der Waals surface area (Å²) in [7, 11) is 3.98. The molecule has 118 valence electrons. The standard InChI is InChI=1S/C18H20N4O/c1-13(2)18(23)19-14-5-7-15(8-6-14)20-21-16-9-11-17(12-10-16)22(3)4/h5-12H,1H2,2-4H3,(H,19,23). The number of carbonyl (C=O) groups excluding carboxylic acids is 1. The highest BCUT2D eigenvalue weighted by Crippen LogP contribution is 2.22. The number of hydrogen-bond acceptors (Lipinski definition) is 4. The molecule has 0 fully saturated rings. The second-order valence-corrected chi connectivity index (χ2v) is 5.39. The van der Waals surface area contributed by atoms with Gasteiger partial charge in [0.15, 0.2) is 0 Å². The predicted octanol–water partition coefficient (Wildman–Crippen LogP) is 4.68. The minimum atomic E-state index is -0.194. The van der Waals surface area contributed by atoms with Crippen molar-refractivity contribution in [3.63, 3.8) is 0 Å². The second kappa shape index (κ2) is 7.35. The first-order valence-corrected chi connectivity index (χ1v) is 7.22. The molecule has 5 nitrogen and oxygen atoms in total. The van der Waals surface area contributed by atoms with Gasteiger partial charge < -0.3 is 10.2 Å². The quantitative estimate of drug-likeness (QED) is 0.644. The van der Waals surface area contributed by atoms with Crippen molar-refractivity contribution in [2.75, 3.05) is 24.3 Å². The molecule has 0 atom stereocenters. The molecule has 2 aromatic rings. The number of carbonyl (C=O) groups is 1. The summed E-state index contributed by atoms with van der Waals surface area (Å²) in [5.41, 5.74) is 3.79. The fraction of sp³-hybridized carbons (Fsp3) is 0.167. The third kappa shape index (κ3) is 4.78. The van der Waals surface area contributed by atoms with Crippen LogP contribution in [0.25, 0.3) is 0 Å². The monoisotopic (exact) mass is 308 g/mol. The zero-order chi connectivity index (χ0) is 16.8. The van der Waals surface area contributed by atoms with Crippen LogP contribution in [0.3, 0.4) is 0 Å². The van der Waals surface area contributed by atoms with Crippen LogP contribution in [-0.2, 0) is 4.79 Å². The Morgan fingerprint density at radius 1 is 0.957 bits per heavy atom. The molecular formula is C18H20N4O. The van der Waals surface area contributed by atoms with Crippen molar-refractivity contribution in [1.82, 2.24) is 0 Å². The zero-order valence-corrected chi connectivity index (χ0v) is 13.6. The summed E-state index contributed by atoms with van der Waals surface area (Å²) in [6.45, 7) is 5.27. The summed E-state index contributed by atoms with van der Waals surface area (Å²) in [6, 6.07) is 15.0. The molecule has 0 saturated carbocycles. The van der Waals surface area contributed by atoms with Crippen LogP contribution < -0.4 is 10.2 Å². The molecule has 23 heavy (non-hydrogen) atoms. The minimum Gasteiger partial charge on any atom is -0.378 e. The van der Waals surface area contributed by atoms with E-state index in [2.05, 4.69) is 22.1 Å². The zero-order valence-electron chi connectivity index (χ0n) is 13.6. The van der Waals surface area contributed by atoms with Crippen LogP contribution >= 0.6 is 0 Å². The van der Waals surface area contributed by atoms with E-state index in [0.29, 0.717) is 11.3 Å². The number of hydrogen-bond donors (Lipinski definition) is 1. The Hall–Kier alpha value is -2.95. The van der Waals surface area contributed by atoms with Gasteiger partial charge in [0.1, 0.15) is 0 Å². The Morgan fingerprint density at radius 3 is 1.87 bits per heavy atom. The Bertz CT molecular complexity index is 716. The van der Waals surface area contributed by atoms with E-state index < -0.39 is 0 Å². The van der Waals surface area contributed by atoms with E-state index in [-0.39, 0.29) is 5.91 Å². The number of nitrogens with one attached hydrogen (secondary N) is 1. The number of nitrogens with zero attached hydrogens (tertiary/aromatic N) is 3. The lowest BCUT2D eigenvalue weighted by Crippen LogP contribution is -2.11. The van der Waals surface area contributed by atoms with Crippen LogP contribution in [0.5, 0.6) is 0 Å². The maximum atomic E-state index is 11.5. The van der Waals surface area contributed by atoms with Gasteiger partial charge in [0.2, 0.25) is 0 Å². The van der Waals surface area contributed by atoms with Gasteiger partial charge >= 0.3 is 0 Å². The summed E-state index contributed by atoms with van der Waals surface area (Å²) in [4.78, 5) is 13.6. The predicted molar refractivity (Wildman–Crippen MR) is 94.8 cm³/mol. The van der Waals surface area contributed by atoms with Crippen molar-refractivity contribution in [3.05, 3.63) is 60.7 Å². The van der Waals surface area contributed by atoms with Crippen molar-refractivity contribution in [3.8, 4) is 0 Å². The average Bonchev–Trinajstić information content (AvgIpc) is 2.54. The first-order valence-electron chi connectivity index (χ1n) is 7.22. The molecule has 0 saturated heterocycles. The minimum absolute atomic E-state index is 0.194. The largest absolute Gasteiger partial charge is 0.378 e. The van der Waals surface area contributed by atoms with Gasteiger partial charge in [-0.2, -0.15) is 10.2 Å². The highest BCUT2D eigenvalue weighted by Gasteiger charge is 2.02. The first-order chi connectivity index (χ1) is 11.0. The summed E-state index contributed by atoms with van der Waals surface area (Å²) < 4.78 is 0. The van der Waals surface area contributed by atoms with Gasteiger partial charge in [-0.15, -0.1) is 0 Å². The first kappa shape index (κ1) is 16.4. The van der Waals surface area contributed by atoms with E-state index in [9.17, 15) is 4.79 Å². The van der Waals surface area contributed by atoms with E-state index in [4.69, 9.17) is 0 Å². The highest BCUT2D eigenvalue weighted by atomic mass is 16.1. The van der Waals surface area contributed by atoms with Crippen LogP contribution in [0.1, 0.15) is 6.92 Å². The van der Waals surface area contributed by atoms with Crippen LogP contribution in [0.4, 0.5) is 22.7 Å². The number of benzene rings is 2. The lowest BCUT2D eigenvalue weighted by atomic mass is 10.2. The Balaban J connectivity index is 2.02. The SMILES string of the molecule is C=C(C)C(=O)Nc1ccc(N=Nc2ccc(N(C)C)cc2)cc1. The summed E-state index contributed by atoms with van der Waals surface area (Å²) in [5.74, 6) is -0.194. The molecule has 2 rings (SSSR count). The van der Waals surface area contributed by atoms with Gasteiger partial charge in [-0.3, -0.25) is 4.79 Å². The molecule has 0 unspecified atom stereocenters. The molecule has 1 amide bonds. The highest BCUT2D eigenvalue weighted by molar-refractivity contribution is 6.02. The van der Waals surface area contributed by atoms with Crippen LogP contribution in [0.2, 0.25) is 0 Å². The van der Waals surface area contributed by atoms with Crippen molar-refractivity contribution >= 4 is 28.7 Å². The number of anilines is 2. The van der Waals surface area contributed by atoms with Gasteiger partial charge in [0.25, 0.3) is 5.91 Å². The molecule has 0 radical (unpaired) electrons. The van der Waals surface area contributed by atoms with Crippen molar-refractivity contribution < 1.29 is 4.79 Å². The van der Waals surface area contributed by atoms with Crippen LogP contribution in [0, 0.1) is 0 Å². The van der Waals surface area contributed by atoms with Crippen molar-refractivity contribution in [2.45, 2.75) is 6.92 Å². The molecule has 0 aliphatic rings. The fourth-order valence-corrected chi connectivity index (χ4v) is 1.78. The van der Waals surface area contributed by atoms with Crippen molar-refractivity contribution in [2.24, 2.45) is 10.2 Å². The lowest BCUT2D eigenvalue weighted by molar-refractivity contribution is -0.112. The van der Waals surface area contributed by atoms with E-state index in [1.54, 1.807) is 31.2 Å². The van der Waals surface area contributed by atoms with E-state index in [1.165, 1.54) is 0 Å². The summed E-state index contributed by atoms with van der Waals surface area (Å²) >= 11 is 0. The average molecular weight is 308 g/mol. The van der Waals surface area contributed by atoms with Crippen LogP contribution in [-0.4, -0.2) is 20.0 Å².